The number of pyridine rings is 1. The van der Waals surface area contributed by atoms with Crippen LogP contribution in [-0.4, -0.2) is 14.6 Å². The Morgan fingerprint density at radius 3 is 2.93 bits per heavy atom. The standard InChI is InChI=1S/C10H12BrN3/c1-7(2)3-8-4-9(11)14-10(5-8)12-6-13-14/h4-7H,3H2,1-2H3. The molecule has 0 atom stereocenters. The number of hydrogen-bond acceptors (Lipinski definition) is 2. The van der Waals surface area contributed by atoms with E-state index in [1.165, 1.54) is 5.56 Å². The van der Waals surface area contributed by atoms with E-state index < -0.39 is 0 Å². The Labute approximate surface area is 91.3 Å². The Morgan fingerprint density at radius 2 is 2.21 bits per heavy atom. The van der Waals surface area contributed by atoms with Gasteiger partial charge < -0.3 is 0 Å². The molecule has 14 heavy (non-hydrogen) atoms. The van der Waals surface area contributed by atoms with Gasteiger partial charge in [-0.3, -0.25) is 0 Å². The first kappa shape index (κ1) is 9.65. The molecule has 0 saturated carbocycles. The third-order valence-electron chi connectivity index (χ3n) is 2.04. The average Bonchev–Trinajstić information content (AvgIpc) is 2.50. The molecule has 0 unspecified atom stereocenters. The summed E-state index contributed by atoms with van der Waals surface area (Å²) in [5, 5.41) is 4.10. The minimum atomic E-state index is 0.660. The van der Waals surface area contributed by atoms with Crippen LogP contribution in [0, 0.1) is 5.92 Å². The average molecular weight is 254 g/mol. The SMILES string of the molecule is CC(C)Cc1cc(Br)n2ncnc2c1. The van der Waals surface area contributed by atoms with E-state index in [0.29, 0.717) is 5.92 Å². The lowest BCUT2D eigenvalue weighted by Crippen LogP contribution is -1.97. The van der Waals surface area contributed by atoms with E-state index in [0.717, 1.165) is 16.7 Å². The summed E-state index contributed by atoms with van der Waals surface area (Å²) < 4.78 is 2.74. The lowest BCUT2D eigenvalue weighted by atomic mass is 10.0. The van der Waals surface area contributed by atoms with Gasteiger partial charge in [0.05, 0.1) is 0 Å². The van der Waals surface area contributed by atoms with Crippen LogP contribution in [0.15, 0.2) is 23.1 Å². The van der Waals surface area contributed by atoms with Crippen LogP contribution < -0.4 is 0 Å². The summed E-state index contributed by atoms with van der Waals surface area (Å²) in [5.41, 5.74) is 2.20. The molecule has 0 aliphatic rings. The summed E-state index contributed by atoms with van der Waals surface area (Å²) in [5.74, 6) is 0.660. The first-order chi connectivity index (χ1) is 6.66. The molecular formula is C10H12BrN3. The van der Waals surface area contributed by atoms with Crippen molar-refractivity contribution in [3.8, 4) is 0 Å². The Morgan fingerprint density at radius 1 is 1.43 bits per heavy atom. The fraction of sp³-hybridized carbons (Fsp3) is 0.400. The van der Waals surface area contributed by atoms with Gasteiger partial charge in [-0.05, 0) is 46.0 Å². The summed E-state index contributed by atoms with van der Waals surface area (Å²) in [7, 11) is 0. The third kappa shape index (κ3) is 1.80. The fourth-order valence-electron chi connectivity index (χ4n) is 1.52. The Balaban J connectivity index is 2.47. The van der Waals surface area contributed by atoms with Gasteiger partial charge in [-0.1, -0.05) is 13.8 Å². The maximum absolute atomic E-state index is 4.17. The van der Waals surface area contributed by atoms with Gasteiger partial charge in [0.15, 0.2) is 5.65 Å². The normalized spacial score (nSPS) is 11.4. The molecule has 0 radical (unpaired) electrons. The van der Waals surface area contributed by atoms with Crippen LogP contribution >= 0.6 is 15.9 Å². The monoisotopic (exact) mass is 253 g/mol. The van der Waals surface area contributed by atoms with E-state index in [1.807, 2.05) is 0 Å². The maximum Gasteiger partial charge on any atom is 0.156 e. The first-order valence-electron chi connectivity index (χ1n) is 4.65. The summed E-state index contributed by atoms with van der Waals surface area (Å²) in [6, 6.07) is 4.18. The molecule has 0 amide bonds. The van der Waals surface area contributed by atoms with Gasteiger partial charge in [0.2, 0.25) is 0 Å². The zero-order chi connectivity index (χ0) is 10.1. The molecule has 0 saturated heterocycles. The summed E-state index contributed by atoms with van der Waals surface area (Å²) in [4.78, 5) is 4.17. The van der Waals surface area contributed by atoms with Gasteiger partial charge >= 0.3 is 0 Å². The van der Waals surface area contributed by atoms with E-state index in [2.05, 4.69) is 52.0 Å². The van der Waals surface area contributed by atoms with Gasteiger partial charge in [-0.25, -0.2) is 9.50 Å². The second-order valence-corrected chi connectivity index (χ2v) is 4.63. The van der Waals surface area contributed by atoms with Crippen molar-refractivity contribution in [2.75, 3.05) is 0 Å². The molecule has 2 heterocycles. The summed E-state index contributed by atoms with van der Waals surface area (Å²) in [6.45, 7) is 4.42. The third-order valence-corrected chi connectivity index (χ3v) is 2.60. The number of rotatable bonds is 2. The molecule has 0 aliphatic heterocycles. The van der Waals surface area contributed by atoms with E-state index >= 15 is 0 Å². The highest BCUT2D eigenvalue weighted by molar-refractivity contribution is 9.10. The fourth-order valence-corrected chi connectivity index (χ4v) is 2.09. The van der Waals surface area contributed by atoms with Crippen molar-refractivity contribution in [2.24, 2.45) is 5.92 Å². The van der Waals surface area contributed by atoms with Crippen LogP contribution in [0.25, 0.3) is 5.65 Å². The highest BCUT2D eigenvalue weighted by atomic mass is 79.9. The highest BCUT2D eigenvalue weighted by Crippen LogP contribution is 2.17. The van der Waals surface area contributed by atoms with Gasteiger partial charge in [-0.2, -0.15) is 5.10 Å². The van der Waals surface area contributed by atoms with Crippen molar-refractivity contribution in [3.05, 3.63) is 28.6 Å². The van der Waals surface area contributed by atoms with Crippen LogP contribution in [0.5, 0.6) is 0 Å². The van der Waals surface area contributed by atoms with Gasteiger partial charge in [0, 0.05) is 0 Å². The Bertz CT molecular complexity index is 448. The van der Waals surface area contributed by atoms with Crippen LogP contribution in [0.3, 0.4) is 0 Å². The van der Waals surface area contributed by atoms with E-state index in [-0.39, 0.29) is 0 Å². The van der Waals surface area contributed by atoms with E-state index in [1.54, 1.807) is 10.8 Å². The zero-order valence-electron chi connectivity index (χ0n) is 8.24. The second kappa shape index (κ2) is 3.69. The van der Waals surface area contributed by atoms with Crippen molar-refractivity contribution in [1.82, 2.24) is 14.6 Å². The molecule has 0 aliphatic carbocycles. The Hall–Kier alpha value is -0.900. The molecule has 0 N–H and O–H groups in total. The number of halogens is 1. The molecule has 0 aromatic carbocycles. The molecule has 0 fully saturated rings. The van der Waals surface area contributed by atoms with Crippen molar-refractivity contribution < 1.29 is 0 Å². The highest BCUT2D eigenvalue weighted by Gasteiger charge is 2.04. The number of aromatic nitrogens is 3. The molecule has 2 aromatic rings. The van der Waals surface area contributed by atoms with Crippen LogP contribution in [-0.2, 0) is 6.42 Å². The molecule has 0 bridgehead atoms. The number of nitrogens with zero attached hydrogens (tertiary/aromatic N) is 3. The number of hydrogen-bond donors (Lipinski definition) is 0. The summed E-state index contributed by atoms with van der Waals surface area (Å²) in [6.07, 6.45) is 2.64. The van der Waals surface area contributed by atoms with Crippen LogP contribution in [0.2, 0.25) is 0 Å². The smallest absolute Gasteiger partial charge is 0.156 e. The molecule has 2 aromatic heterocycles. The Kier molecular flexibility index (Phi) is 2.54. The van der Waals surface area contributed by atoms with Gasteiger partial charge in [0.25, 0.3) is 0 Å². The van der Waals surface area contributed by atoms with Gasteiger partial charge in [0.1, 0.15) is 10.9 Å². The first-order valence-corrected chi connectivity index (χ1v) is 5.44. The number of fused-ring (bicyclic) bond motifs is 1. The lowest BCUT2D eigenvalue weighted by Gasteiger charge is -2.05. The topological polar surface area (TPSA) is 30.2 Å². The van der Waals surface area contributed by atoms with Crippen molar-refractivity contribution in [3.63, 3.8) is 0 Å². The molecule has 0 spiro atoms. The molecule has 74 valence electrons. The predicted molar refractivity (Wildman–Crippen MR) is 59.2 cm³/mol. The predicted octanol–water partition coefficient (Wildman–Crippen LogP) is 2.69. The lowest BCUT2D eigenvalue weighted by molar-refractivity contribution is 0.646. The molecule has 3 nitrogen and oxygen atoms in total. The minimum absolute atomic E-state index is 0.660. The molecule has 4 heteroatoms. The van der Waals surface area contributed by atoms with E-state index in [9.17, 15) is 0 Å². The molecular weight excluding hydrogens is 242 g/mol. The summed E-state index contributed by atoms with van der Waals surface area (Å²) >= 11 is 3.48. The molecule has 2 rings (SSSR count). The maximum atomic E-state index is 4.17. The van der Waals surface area contributed by atoms with Crippen molar-refractivity contribution in [1.29, 1.82) is 0 Å². The van der Waals surface area contributed by atoms with E-state index in [4.69, 9.17) is 0 Å². The van der Waals surface area contributed by atoms with Crippen LogP contribution in [0.1, 0.15) is 19.4 Å². The van der Waals surface area contributed by atoms with Crippen molar-refractivity contribution >= 4 is 21.6 Å². The van der Waals surface area contributed by atoms with Crippen LogP contribution in [0.4, 0.5) is 0 Å². The quantitative estimate of drug-likeness (QED) is 0.771. The van der Waals surface area contributed by atoms with Gasteiger partial charge in [-0.15, -0.1) is 0 Å². The largest absolute Gasteiger partial charge is 0.215 e. The second-order valence-electron chi connectivity index (χ2n) is 3.81. The minimum Gasteiger partial charge on any atom is -0.215 e. The van der Waals surface area contributed by atoms with Crippen molar-refractivity contribution in [2.45, 2.75) is 20.3 Å². The zero-order valence-corrected chi connectivity index (χ0v) is 9.82.